The van der Waals surface area contributed by atoms with Crippen molar-refractivity contribution in [3.63, 3.8) is 0 Å². The average molecular weight is 324 g/mol. The molecule has 0 fully saturated rings. The number of para-hydroxylation sites is 1. The van der Waals surface area contributed by atoms with Gasteiger partial charge in [0.1, 0.15) is 5.69 Å². The first-order valence-electron chi connectivity index (χ1n) is 8.18. The van der Waals surface area contributed by atoms with E-state index in [0.29, 0.717) is 5.69 Å². The summed E-state index contributed by atoms with van der Waals surface area (Å²) in [6.45, 7) is 4.45. The molecule has 124 valence electrons. The fraction of sp³-hybridized carbons (Fsp3) is 0.263. The third-order valence-corrected chi connectivity index (χ3v) is 3.83. The van der Waals surface area contributed by atoms with Crippen molar-refractivity contribution < 1.29 is 4.48 Å². The van der Waals surface area contributed by atoms with Crippen LogP contribution in [0.2, 0.25) is 0 Å². The van der Waals surface area contributed by atoms with E-state index in [2.05, 4.69) is 24.2 Å². The van der Waals surface area contributed by atoms with Crippen LogP contribution >= 0.6 is 0 Å². The second-order valence-electron chi connectivity index (χ2n) is 5.81. The monoisotopic (exact) mass is 324 g/mol. The Morgan fingerprint density at radius 1 is 1.00 bits per heavy atom. The van der Waals surface area contributed by atoms with E-state index in [9.17, 15) is 4.48 Å². The predicted molar refractivity (Wildman–Crippen MR) is 95.1 cm³/mol. The third kappa shape index (κ3) is 2.77. The summed E-state index contributed by atoms with van der Waals surface area (Å²) in [5.41, 5.74) is 4.80. The highest BCUT2D eigenvalue weighted by molar-refractivity contribution is 5.87. The number of fused-ring (bicyclic) bond motifs is 5. The number of aromatic nitrogens is 3. The fourth-order valence-corrected chi connectivity index (χ4v) is 2.85. The van der Waals surface area contributed by atoms with Crippen LogP contribution in [-0.4, -0.2) is 15.0 Å². The molecule has 4 rings (SSSR count). The molecule has 0 bridgehead atoms. The Morgan fingerprint density at radius 2 is 1.62 bits per heavy atom. The number of hydrogen-bond acceptors (Lipinski definition) is 3. The first-order chi connectivity index (χ1) is 11.7. The first kappa shape index (κ1) is 16.2. The smallest absolute Gasteiger partial charge is 0.121 e. The van der Waals surface area contributed by atoms with Gasteiger partial charge in [0.15, 0.2) is 0 Å². The summed E-state index contributed by atoms with van der Waals surface area (Å²) < 4.78 is 16.3. The summed E-state index contributed by atoms with van der Waals surface area (Å²) in [7, 11) is 1.83. The van der Waals surface area contributed by atoms with Gasteiger partial charge in [-0.15, -0.1) is 5.10 Å². The summed E-state index contributed by atoms with van der Waals surface area (Å²) in [5, 5.41) is 9.21. The minimum atomic E-state index is 0.198. The van der Waals surface area contributed by atoms with Crippen molar-refractivity contribution in [2.45, 2.75) is 26.8 Å². The highest BCUT2D eigenvalue weighted by atomic mass is 19.2. The highest BCUT2D eigenvalue weighted by Gasteiger charge is 2.25. The van der Waals surface area contributed by atoms with Crippen LogP contribution in [0.3, 0.4) is 0 Å². The molecule has 0 amide bonds. The molecular formula is C19H21FN4. The molecule has 0 saturated carbocycles. The predicted octanol–water partition coefficient (Wildman–Crippen LogP) is 4.77. The molecule has 1 aromatic heterocycles. The van der Waals surface area contributed by atoms with E-state index in [1.807, 2.05) is 49.5 Å². The Morgan fingerprint density at radius 3 is 2.38 bits per heavy atom. The molecule has 3 aromatic rings. The minimum absolute atomic E-state index is 0.198. The molecule has 1 aliphatic rings. The summed E-state index contributed by atoms with van der Waals surface area (Å²) in [6, 6.07) is 15.2. The Hall–Kier alpha value is -2.69. The molecule has 0 atom stereocenters. The molecule has 1 aliphatic heterocycles. The van der Waals surface area contributed by atoms with E-state index in [4.69, 9.17) is 0 Å². The third-order valence-electron chi connectivity index (χ3n) is 3.83. The van der Waals surface area contributed by atoms with E-state index in [0.717, 1.165) is 33.2 Å². The highest BCUT2D eigenvalue weighted by Crippen LogP contribution is 2.40. The van der Waals surface area contributed by atoms with Gasteiger partial charge in [0.05, 0.1) is 17.9 Å². The van der Waals surface area contributed by atoms with E-state index in [1.165, 1.54) is 6.42 Å². The van der Waals surface area contributed by atoms with Crippen molar-refractivity contribution in [2.24, 2.45) is 7.05 Å². The standard InChI is InChI=1S/C16H13FN4.C3H8/c1-20-16-13-8-4-5-9-14(13)21(17)10-11-6-2-3-7-12(11)15(16)18-19-20;1-3-2/h2-9H,10H2,1H3;3H2,1-2H3. The zero-order valence-corrected chi connectivity index (χ0v) is 14.2. The van der Waals surface area contributed by atoms with Gasteiger partial charge < -0.3 is 0 Å². The van der Waals surface area contributed by atoms with Crippen molar-refractivity contribution in [3.8, 4) is 22.5 Å². The molecule has 0 radical (unpaired) electrons. The Balaban J connectivity index is 0.000000526. The molecule has 4 nitrogen and oxygen atoms in total. The van der Waals surface area contributed by atoms with Crippen LogP contribution in [0.1, 0.15) is 25.8 Å². The van der Waals surface area contributed by atoms with E-state index >= 15 is 0 Å². The number of halogens is 1. The van der Waals surface area contributed by atoms with Crippen LogP contribution in [0.25, 0.3) is 22.5 Å². The van der Waals surface area contributed by atoms with Crippen LogP contribution < -0.4 is 5.12 Å². The van der Waals surface area contributed by atoms with Crippen LogP contribution in [0.5, 0.6) is 0 Å². The lowest BCUT2D eigenvalue weighted by molar-refractivity contribution is 0.430. The SMILES string of the molecule is CCC.Cn1nnc2c1-c1ccccc1N(F)Cc1ccccc1-2. The molecule has 0 unspecified atom stereocenters. The second kappa shape index (κ2) is 6.83. The van der Waals surface area contributed by atoms with Crippen LogP contribution in [0, 0.1) is 0 Å². The number of hydrogen-bond donors (Lipinski definition) is 0. The maximum atomic E-state index is 14.6. The Labute approximate surface area is 141 Å². The summed E-state index contributed by atoms with van der Waals surface area (Å²) in [6.07, 6.45) is 1.25. The van der Waals surface area contributed by atoms with E-state index in [-0.39, 0.29) is 6.54 Å². The van der Waals surface area contributed by atoms with Gasteiger partial charge in [-0.05, 0) is 11.6 Å². The van der Waals surface area contributed by atoms with Crippen molar-refractivity contribution >= 4 is 5.69 Å². The zero-order chi connectivity index (χ0) is 17.1. The van der Waals surface area contributed by atoms with Gasteiger partial charge in [-0.1, -0.05) is 72.4 Å². The van der Waals surface area contributed by atoms with Gasteiger partial charge in [-0.25, -0.2) is 9.80 Å². The summed E-state index contributed by atoms with van der Waals surface area (Å²) >= 11 is 0. The Bertz CT molecular complexity index is 841. The topological polar surface area (TPSA) is 34.0 Å². The molecule has 0 spiro atoms. The molecular weight excluding hydrogens is 303 g/mol. The maximum absolute atomic E-state index is 14.6. The number of aryl methyl sites for hydroxylation is 1. The van der Waals surface area contributed by atoms with Crippen LogP contribution in [-0.2, 0) is 13.6 Å². The number of anilines is 1. The summed E-state index contributed by atoms with van der Waals surface area (Å²) in [5.74, 6) is 0. The quantitative estimate of drug-likeness (QED) is 0.559. The van der Waals surface area contributed by atoms with Gasteiger partial charge in [0, 0.05) is 18.2 Å². The van der Waals surface area contributed by atoms with Crippen molar-refractivity contribution in [1.82, 2.24) is 15.0 Å². The lowest BCUT2D eigenvalue weighted by atomic mass is 9.97. The van der Waals surface area contributed by atoms with Crippen molar-refractivity contribution in [2.75, 3.05) is 5.12 Å². The number of benzene rings is 2. The molecule has 2 heterocycles. The molecule has 2 aromatic carbocycles. The van der Waals surface area contributed by atoms with Gasteiger partial charge in [0.2, 0.25) is 0 Å². The Kier molecular flexibility index (Phi) is 4.60. The fourth-order valence-electron chi connectivity index (χ4n) is 2.85. The van der Waals surface area contributed by atoms with Gasteiger partial charge in [-0.3, -0.25) is 0 Å². The van der Waals surface area contributed by atoms with Crippen molar-refractivity contribution in [3.05, 3.63) is 54.1 Å². The van der Waals surface area contributed by atoms with Crippen LogP contribution in [0.4, 0.5) is 10.2 Å². The molecule has 5 heteroatoms. The van der Waals surface area contributed by atoms with Crippen LogP contribution in [0.15, 0.2) is 48.5 Å². The van der Waals surface area contributed by atoms with E-state index in [1.54, 1.807) is 10.7 Å². The lowest BCUT2D eigenvalue weighted by Crippen LogP contribution is -2.15. The number of nitrogens with zero attached hydrogens (tertiary/aromatic N) is 4. The largest absolute Gasteiger partial charge is 0.247 e. The zero-order valence-electron chi connectivity index (χ0n) is 14.2. The maximum Gasteiger partial charge on any atom is 0.121 e. The van der Waals surface area contributed by atoms with Gasteiger partial charge in [-0.2, -0.15) is 0 Å². The first-order valence-corrected chi connectivity index (χ1v) is 8.18. The van der Waals surface area contributed by atoms with Gasteiger partial charge >= 0.3 is 0 Å². The lowest BCUT2D eigenvalue weighted by Gasteiger charge is -2.22. The summed E-state index contributed by atoms with van der Waals surface area (Å²) in [4.78, 5) is 0. The normalized spacial score (nSPS) is 12.1. The second-order valence-corrected chi connectivity index (χ2v) is 5.81. The minimum Gasteiger partial charge on any atom is -0.247 e. The van der Waals surface area contributed by atoms with Crippen molar-refractivity contribution in [1.29, 1.82) is 0 Å². The molecule has 24 heavy (non-hydrogen) atoms. The number of rotatable bonds is 0. The van der Waals surface area contributed by atoms with Gasteiger partial charge in [0.25, 0.3) is 0 Å². The molecule has 0 saturated heterocycles. The van der Waals surface area contributed by atoms with E-state index < -0.39 is 0 Å². The average Bonchev–Trinajstić information content (AvgIpc) is 2.96. The molecule has 0 N–H and O–H groups in total. The molecule has 0 aliphatic carbocycles.